The molecule has 2 bridgehead atoms. The summed E-state index contributed by atoms with van der Waals surface area (Å²) in [7, 11) is 0. The molecular formula is C22H30O6. The van der Waals surface area contributed by atoms with Crippen LogP contribution in [-0.2, 0) is 23.8 Å². The SMILES string of the molecule is C=C1[C@@H]2C[C@H]3O[C@H](O)[C@@H]4C(C)(C)CC[C@@H]5OC(=O)[C@@](C2)([C@@H]3[C@]54C)[C@H]1OC(C)=O. The zero-order chi connectivity index (χ0) is 20.2. The quantitative estimate of drug-likeness (QED) is 0.547. The van der Waals surface area contributed by atoms with Gasteiger partial charge in [-0.25, -0.2) is 0 Å². The number of carbonyl (C=O) groups is 2. The molecule has 28 heavy (non-hydrogen) atoms. The largest absolute Gasteiger partial charge is 0.461 e. The van der Waals surface area contributed by atoms with Crippen molar-refractivity contribution in [1.29, 1.82) is 0 Å². The van der Waals surface area contributed by atoms with Crippen LogP contribution in [0.15, 0.2) is 12.2 Å². The maximum absolute atomic E-state index is 13.5. The number of rotatable bonds is 1. The molecule has 5 fully saturated rings. The number of hydrogen-bond donors (Lipinski definition) is 1. The normalized spacial score (nSPS) is 53.2. The number of hydrogen-bond acceptors (Lipinski definition) is 6. The zero-order valence-corrected chi connectivity index (χ0v) is 17.1. The van der Waals surface area contributed by atoms with Gasteiger partial charge in [-0.1, -0.05) is 27.4 Å². The van der Waals surface area contributed by atoms with E-state index in [1.807, 2.05) is 0 Å². The molecule has 6 heteroatoms. The maximum Gasteiger partial charge on any atom is 0.316 e. The van der Waals surface area contributed by atoms with Gasteiger partial charge in [-0.2, -0.15) is 0 Å². The monoisotopic (exact) mass is 390 g/mol. The molecular weight excluding hydrogens is 360 g/mol. The summed E-state index contributed by atoms with van der Waals surface area (Å²) in [5.41, 5.74) is -0.767. The van der Waals surface area contributed by atoms with Gasteiger partial charge in [0.05, 0.1) is 6.10 Å². The van der Waals surface area contributed by atoms with Crippen molar-refractivity contribution in [2.75, 3.05) is 0 Å². The molecule has 9 atom stereocenters. The highest BCUT2D eigenvalue weighted by molar-refractivity contribution is 5.83. The summed E-state index contributed by atoms with van der Waals surface area (Å²) in [5, 5.41) is 11.0. The molecule has 0 amide bonds. The van der Waals surface area contributed by atoms with Crippen molar-refractivity contribution in [3.8, 4) is 0 Å². The molecule has 2 heterocycles. The van der Waals surface area contributed by atoms with E-state index in [2.05, 4.69) is 27.4 Å². The van der Waals surface area contributed by atoms with E-state index in [9.17, 15) is 14.7 Å². The number of fused-ring (bicyclic) bond motifs is 1. The van der Waals surface area contributed by atoms with Gasteiger partial charge in [0.25, 0.3) is 0 Å². The van der Waals surface area contributed by atoms with E-state index in [1.165, 1.54) is 6.92 Å². The molecule has 6 nitrogen and oxygen atoms in total. The number of aliphatic hydroxyl groups is 1. The molecule has 0 aromatic rings. The van der Waals surface area contributed by atoms with Crippen molar-refractivity contribution < 1.29 is 28.9 Å². The molecule has 5 rings (SSSR count). The molecule has 0 aromatic heterocycles. The van der Waals surface area contributed by atoms with E-state index in [1.54, 1.807) is 0 Å². The second kappa shape index (κ2) is 5.39. The standard InChI is InChI=1S/C22H30O6/c1-10-12-8-13-15-21(5)14(6-7-20(3,4)16(21)18(24)27-13)28-19(25)22(15,9-12)17(10)26-11(2)23/h12-18,24H,1,6-9H2,2-5H3/t12-,13-,14+,15+,16-,17+,18+,21+,22+/m1/s1. The summed E-state index contributed by atoms with van der Waals surface area (Å²) in [6.07, 6.45) is 0.825. The second-order valence-electron chi connectivity index (χ2n) is 10.5. The molecule has 0 radical (unpaired) electrons. The van der Waals surface area contributed by atoms with Crippen LogP contribution in [0.1, 0.15) is 53.4 Å². The first-order valence-corrected chi connectivity index (χ1v) is 10.4. The third-order valence-electron chi connectivity index (χ3n) is 8.80. The average molecular weight is 390 g/mol. The van der Waals surface area contributed by atoms with Crippen LogP contribution in [0, 0.1) is 34.0 Å². The van der Waals surface area contributed by atoms with Crippen molar-refractivity contribution in [3.63, 3.8) is 0 Å². The molecule has 0 unspecified atom stereocenters. The van der Waals surface area contributed by atoms with Gasteiger partial charge in [0.2, 0.25) is 0 Å². The lowest BCUT2D eigenvalue weighted by Crippen LogP contribution is -2.74. The van der Waals surface area contributed by atoms with Gasteiger partial charge in [0, 0.05) is 24.2 Å². The maximum atomic E-state index is 13.5. The summed E-state index contributed by atoms with van der Waals surface area (Å²) >= 11 is 0. The Morgan fingerprint density at radius 2 is 2.00 bits per heavy atom. The van der Waals surface area contributed by atoms with E-state index in [0.717, 1.165) is 18.4 Å². The average Bonchev–Trinajstić information content (AvgIpc) is 2.77. The van der Waals surface area contributed by atoms with E-state index < -0.39 is 29.2 Å². The molecule has 1 N–H and O–H groups in total. The van der Waals surface area contributed by atoms with Gasteiger partial charge < -0.3 is 19.3 Å². The topological polar surface area (TPSA) is 82.1 Å². The Kier molecular flexibility index (Phi) is 3.59. The summed E-state index contributed by atoms with van der Waals surface area (Å²) in [4.78, 5) is 25.4. The minimum atomic E-state index is -0.965. The van der Waals surface area contributed by atoms with Crippen LogP contribution in [-0.4, -0.2) is 41.6 Å². The third-order valence-corrected chi connectivity index (χ3v) is 8.80. The lowest BCUT2D eigenvalue weighted by molar-refractivity contribution is -0.356. The van der Waals surface area contributed by atoms with Crippen molar-refractivity contribution in [1.82, 2.24) is 0 Å². The van der Waals surface area contributed by atoms with Crippen molar-refractivity contribution >= 4 is 11.9 Å². The molecule has 2 aliphatic heterocycles. The Labute approximate surface area is 165 Å². The fourth-order valence-electron chi connectivity index (χ4n) is 8.00. The van der Waals surface area contributed by atoms with Crippen LogP contribution in [0.4, 0.5) is 0 Å². The number of ether oxygens (including phenoxy) is 3. The Hall–Kier alpha value is -1.40. The van der Waals surface area contributed by atoms with E-state index in [4.69, 9.17) is 14.2 Å². The van der Waals surface area contributed by atoms with Gasteiger partial charge in [-0.15, -0.1) is 0 Å². The molecule has 154 valence electrons. The molecule has 0 aromatic carbocycles. The van der Waals surface area contributed by atoms with Crippen LogP contribution in [0.25, 0.3) is 0 Å². The van der Waals surface area contributed by atoms with Crippen LogP contribution < -0.4 is 0 Å². The first-order valence-electron chi connectivity index (χ1n) is 10.4. The fraction of sp³-hybridized carbons (Fsp3) is 0.818. The predicted octanol–water partition coefficient (Wildman–Crippen LogP) is 2.59. The first kappa shape index (κ1) is 18.6. The van der Waals surface area contributed by atoms with E-state index in [0.29, 0.717) is 12.8 Å². The van der Waals surface area contributed by atoms with Crippen molar-refractivity contribution in [2.45, 2.75) is 78.0 Å². The summed E-state index contributed by atoms with van der Waals surface area (Å²) in [5.74, 6) is -0.994. The van der Waals surface area contributed by atoms with Crippen LogP contribution in [0.2, 0.25) is 0 Å². The summed E-state index contributed by atoms with van der Waals surface area (Å²) < 4.78 is 18.0. The van der Waals surface area contributed by atoms with Crippen molar-refractivity contribution in [3.05, 3.63) is 12.2 Å². The highest BCUT2D eigenvalue weighted by Crippen LogP contribution is 2.73. The Balaban J connectivity index is 1.72. The van der Waals surface area contributed by atoms with Gasteiger partial charge in [0.1, 0.15) is 17.6 Å². The van der Waals surface area contributed by atoms with Crippen LogP contribution in [0.3, 0.4) is 0 Å². The summed E-state index contributed by atoms with van der Waals surface area (Å²) in [6, 6.07) is 0. The lowest BCUT2D eigenvalue weighted by atomic mass is 9.42. The minimum absolute atomic E-state index is 0.0265. The second-order valence-corrected chi connectivity index (χ2v) is 10.5. The van der Waals surface area contributed by atoms with Gasteiger partial charge in [0.15, 0.2) is 6.29 Å². The highest BCUT2D eigenvalue weighted by atomic mass is 16.6. The summed E-state index contributed by atoms with van der Waals surface area (Å²) in [6.45, 7) is 12.1. The zero-order valence-electron chi connectivity index (χ0n) is 17.1. The Morgan fingerprint density at radius 1 is 1.29 bits per heavy atom. The van der Waals surface area contributed by atoms with Crippen LogP contribution >= 0.6 is 0 Å². The minimum Gasteiger partial charge on any atom is -0.461 e. The number of esters is 2. The molecule has 3 aliphatic carbocycles. The van der Waals surface area contributed by atoms with Crippen molar-refractivity contribution in [2.24, 2.45) is 34.0 Å². The Bertz CT molecular complexity index is 773. The van der Waals surface area contributed by atoms with E-state index >= 15 is 0 Å². The van der Waals surface area contributed by atoms with Crippen LogP contribution in [0.5, 0.6) is 0 Å². The number of carbonyl (C=O) groups excluding carboxylic acids is 2. The lowest BCUT2D eigenvalue weighted by Gasteiger charge is -2.68. The third kappa shape index (κ3) is 1.96. The smallest absolute Gasteiger partial charge is 0.316 e. The predicted molar refractivity (Wildman–Crippen MR) is 98.7 cm³/mol. The molecule has 2 saturated heterocycles. The Morgan fingerprint density at radius 3 is 2.68 bits per heavy atom. The van der Waals surface area contributed by atoms with Gasteiger partial charge in [-0.3, -0.25) is 9.59 Å². The molecule has 5 aliphatic rings. The molecule has 3 saturated carbocycles. The highest BCUT2D eigenvalue weighted by Gasteiger charge is 2.78. The van der Waals surface area contributed by atoms with E-state index in [-0.39, 0.29) is 41.3 Å². The van der Waals surface area contributed by atoms with Gasteiger partial charge >= 0.3 is 11.9 Å². The fourth-order valence-corrected chi connectivity index (χ4v) is 8.00. The molecule has 1 spiro atoms. The van der Waals surface area contributed by atoms with Gasteiger partial charge in [-0.05, 0) is 42.6 Å². The number of aliphatic hydroxyl groups excluding tert-OH is 1. The first-order chi connectivity index (χ1) is 13.0.